The second kappa shape index (κ2) is 6.07. The number of methoxy groups -OCH3 is 1. The third-order valence-corrected chi connectivity index (χ3v) is 4.23. The van der Waals surface area contributed by atoms with Crippen LogP contribution < -0.4 is 4.72 Å². The van der Waals surface area contributed by atoms with Gasteiger partial charge in [0, 0.05) is 0 Å². The van der Waals surface area contributed by atoms with Gasteiger partial charge in [0.15, 0.2) is 0 Å². The predicted octanol–water partition coefficient (Wildman–Crippen LogP) is 1.09. The number of benzene rings is 1. The topological polar surface area (TPSA) is 72.5 Å². The van der Waals surface area contributed by atoms with Crippen molar-refractivity contribution >= 4 is 16.0 Å². The molecule has 0 atom stereocenters. The first-order valence-electron chi connectivity index (χ1n) is 5.88. The first kappa shape index (κ1) is 16.2. The fourth-order valence-corrected chi connectivity index (χ4v) is 2.79. The summed E-state index contributed by atoms with van der Waals surface area (Å²) in [6, 6.07) is 5.98. The molecule has 1 N–H and O–H groups in total. The van der Waals surface area contributed by atoms with Gasteiger partial charge in [0.1, 0.15) is 0 Å². The van der Waals surface area contributed by atoms with Gasteiger partial charge in [-0.1, -0.05) is 18.1 Å². The van der Waals surface area contributed by atoms with Gasteiger partial charge in [-0.15, -0.1) is 6.42 Å². The molecule has 0 aliphatic carbocycles. The Morgan fingerprint density at radius 3 is 2.35 bits per heavy atom. The number of ether oxygens (including phenoxy) is 1. The molecule has 0 bridgehead atoms. The number of esters is 1. The highest BCUT2D eigenvalue weighted by molar-refractivity contribution is 7.89. The Labute approximate surface area is 119 Å². The van der Waals surface area contributed by atoms with Gasteiger partial charge in [0.25, 0.3) is 0 Å². The van der Waals surface area contributed by atoms with Gasteiger partial charge in [-0.25, -0.2) is 8.42 Å². The standard InChI is InChI=1S/C14H17NO4S/c1-5-14(2,3)15-20(17,18)12-8-6-11(7-9-12)10-13(16)19-4/h1,6-9,15H,10H2,2-4H3. The van der Waals surface area contributed by atoms with Crippen molar-refractivity contribution in [2.45, 2.75) is 30.7 Å². The van der Waals surface area contributed by atoms with Gasteiger partial charge in [0.05, 0.1) is 24.0 Å². The Bertz CT molecular complexity index is 624. The molecule has 6 heteroatoms. The van der Waals surface area contributed by atoms with Crippen LogP contribution in [0.1, 0.15) is 19.4 Å². The molecule has 0 aromatic heterocycles. The summed E-state index contributed by atoms with van der Waals surface area (Å²) in [7, 11) is -2.39. The van der Waals surface area contributed by atoms with Crippen LogP contribution in [0.15, 0.2) is 29.2 Å². The lowest BCUT2D eigenvalue weighted by atomic mass is 10.1. The summed E-state index contributed by atoms with van der Waals surface area (Å²) in [6.45, 7) is 3.19. The molecular formula is C14H17NO4S. The largest absolute Gasteiger partial charge is 0.469 e. The molecule has 1 rings (SSSR count). The average molecular weight is 295 g/mol. The van der Waals surface area contributed by atoms with Gasteiger partial charge in [-0.05, 0) is 31.5 Å². The van der Waals surface area contributed by atoms with Crippen molar-refractivity contribution in [3.05, 3.63) is 29.8 Å². The number of hydrogen-bond donors (Lipinski definition) is 1. The van der Waals surface area contributed by atoms with E-state index < -0.39 is 15.6 Å². The van der Waals surface area contributed by atoms with Gasteiger partial charge in [-0.2, -0.15) is 4.72 Å². The Morgan fingerprint density at radius 1 is 1.35 bits per heavy atom. The van der Waals surface area contributed by atoms with E-state index in [4.69, 9.17) is 6.42 Å². The number of terminal acetylenes is 1. The zero-order valence-electron chi connectivity index (χ0n) is 11.6. The lowest BCUT2D eigenvalue weighted by molar-refractivity contribution is -0.139. The van der Waals surface area contributed by atoms with Crippen LogP contribution in [0, 0.1) is 12.3 Å². The van der Waals surface area contributed by atoms with Crippen LogP contribution in [0.3, 0.4) is 0 Å². The molecule has 20 heavy (non-hydrogen) atoms. The summed E-state index contributed by atoms with van der Waals surface area (Å²) in [5.74, 6) is 1.98. The molecule has 0 spiro atoms. The molecule has 0 radical (unpaired) electrons. The molecule has 0 saturated heterocycles. The van der Waals surface area contributed by atoms with Crippen molar-refractivity contribution < 1.29 is 17.9 Å². The normalized spacial score (nSPS) is 11.7. The SMILES string of the molecule is C#CC(C)(C)NS(=O)(=O)c1ccc(CC(=O)OC)cc1. The highest BCUT2D eigenvalue weighted by Crippen LogP contribution is 2.14. The fourth-order valence-electron chi connectivity index (χ4n) is 1.45. The van der Waals surface area contributed by atoms with Crippen molar-refractivity contribution in [1.29, 1.82) is 0 Å². The van der Waals surface area contributed by atoms with Crippen molar-refractivity contribution in [1.82, 2.24) is 4.72 Å². The lowest BCUT2D eigenvalue weighted by Gasteiger charge is -2.19. The van der Waals surface area contributed by atoms with Gasteiger partial charge in [-0.3, -0.25) is 4.79 Å². The summed E-state index contributed by atoms with van der Waals surface area (Å²) in [5.41, 5.74) is -0.296. The van der Waals surface area contributed by atoms with E-state index in [1.54, 1.807) is 26.0 Å². The minimum Gasteiger partial charge on any atom is -0.469 e. The lowest BCUT2D eigenvalue weighted by Crippen LogP contribution is -2.41. The first-order chi connectivity index (χ1) is 9.20. The number of nitrogens with one attached hydrogen (secondary N) is 1. The van der Waals surface area contributed by atoms with E-state index in [1.165, 1.54) is 19.2 Å². The second-order valence-electron chi connectivity index (χ2n) is 4.77. The molecule has 5 nitrogen and oxygen atoms in total. The first-order valence-corrected chi connectivity index (χ1v) is 7.36. The maximum atomic E-state index is 12.1. The van der Waals surface area contributed by atoms with Crippen molar-refractivity contribution in [2.75, 3.05) is 7.11 Å². The summed E-state index contributed by atoms with van der Waals surface area (Å²) in [5, 5.41) is 0. The van der Waals surface area contributed by atoms with Crippen LogP contribution in [0.25, 0.3) is 0 Å². The summed E-state index contributed by atoms with van der Waals surface area (Å²) < 4.78 is 31.2. The van der Waals surface area contributed by atoms with Gasteiger partial charge >= 0.3 is 5.97 Å². The Morgan fingerprint density at radius 2 is 1.90 bits per heavy atom. The smallest absolute Gasteiger partial charge is 0.309 e. The number of rotatable bonds is 5. The van der Waals surface area contributed by atoms with Crippen molar-refractivity contribution in [3.63, 3.8) is 0 Å². The number of sulfonamides is 1. The average Bonchev–Trinajstić information content (AvgIpc) is 2.38. The third kappa shape index (κ3) is 4.37. The number of hydrogen-bond acceptors (Lipinski definition) is 4. The van der Waals surface area contributed by atoms with Crippen LogP contribution in [0.4, 0.5) is 0 Å². The quantitative estimate of drug-likeness (QED) is 0.652. The molecule has 1 aromatic rings. The summed E-state index contributed by atoms with van der Waals surface area (Å²) in [4.78, 5) is 11.2. The van der Waals surface area contributed by atoms with E-state index in [0.29, 0.717) is 5.56 Å². The Kier molecular flexibility index (Phi) is 4.93. The highest BCUT2D eigenvalue weighted by Gasteiger charge is 2.24. The Balaban J connectivity index is 2.93. The zero-order chi connectivity index (χ0) is 15.4. The zero-order valence-corrected chi connectivity index (χ0v) is 12.5. The molecule has 0 fully saturated rings. The molecule has 108 valence electrons. The molecular weight excluding hydrogens is 278 g/mol. The number of carbonyl (C=O) groups excluding carboxylic acids is 1. The minimum atomic E-state index is -3.69. The van der Waals surface area contributed by atoms with Crippen molar-refractivity contribution in [2.24, 2.45) is 0 Å². The minimum absolute atomic E-state index is 0.0921. The highest BCUT2D eigenvalue weighted by atomic mass is 32.2. The molecule has 0 heterocycles. The monoisotopic (exact) mass is 295 g/mol. The van der Waals surface area contributed by atoms with Crippen LogP contribution in [-0.2, 0) is 26.0 Å². The van der Waals surface area contributed by atoms with E-state index in [0.717, 1.165) is 0 Å². The Hall–Kier alpha value is -1.84. The van der Waals surface area contributed by atoms with E-state index in [1.807, 2.05) is 0 Å². The van der Waals surface area contributed by atoms with E-state index in [2.05, 4.69) is 15.4 Å². The number of carbonyl (C=O) groups is 1. The van der Waals surface area contributed by atoms with Gasteiger partial charge < -0.3 is 4.74 Å². The summed E-state index contributed by atoms with van der Waals surface area (Å²) in [6.07, 6.45) is 5.35. The summed E-state index contributed by atoms with van der Waals surface area (Å²) >= 11 is 0. The fraction of sp³-hybridized carbons (Fsp3) is 0.357. The van der Waals surface area contributed by atoms with E-state index in [-0.39, 0.29) is 17.3 Å². The maximum Gasteiger partial charge on any atom is 0.309 e. The second-order valence-corrected chi connectivity index (χ2v) is 6.45. The van der Waals surface area contributed by atoms with E-state index >= 15 is 0 Å². The van der Waals surface area contributed by atoms with Crippen LogP contribution in [0.5, 0.6) is 0 Å². The van der Waals surface area contributed by atoms with E-state index in [9.17, 15) is 13.2 Å². The van der Waals surface area contributed by atoms with Crippen molar-refractivity contribution in [3.8, 4) is 12.3 Å². The van der Waals surface area contributed by atoms with Crippen LogP contribution in [-0.4, -0.2) is 27.0 Å². The molecule has 0 unspecified atom stereocenters. The predicted molar refractivity (Wildman–Crippen MR) is 75.4 cm³/mol. The maximum absolute atomic E-state index is 12.1. The van der Waals surface area contributed by atoms with Gasteiger partial charge in [0.2, 0.25) is 10.0 Å². The third-order valence-electron chi connectivity index (χ3n) is 2.56. The molecule has 0 aliphatic rings. The van der Waals surface area contributed by atoms with Crippen LogP contribution >= 0.6 is 0 Å². The molecule has 1 aromatic carbocycles. The molecule has 0 amide bonds. The molecule has 0 aliphatic heterocycles. The van der Waals surface area contributed by atoms with Crippen LogP contribution in [0.2, 0.25) is 0 Å². The molecule has 0 saturated carbocycles.